The molecule has 0 atom stereocenters. The highest BCUT2D eigenvalue weighted by Gasteiger charge is 2.16. The van der Waals surface area contributed by atoms with Crippen molar-refractivity contribution < 1.29 is 0 Å². The Kier molecular flexibility index (Phi) is 5.17. The Morgan fingerprint density at radius 1 is 1.20 bits per heavy atom. The lowest BCUT2D eigenvalue weighted by molar-refractivity contribution is 0.312. The van der Waals surface area contributed by atoms with Crippen LogP contribution in [0.3, 0.4) is 0 Å². The van der Waals surface area contributed by atoms with Crippen molar-refractivity contribution in [3.8, 4) is 0 Å². The van der Waals surface area contributed by atoms with Crippen molar-refractivity contribution in [2.75, 3.05) is 50.0 Å². The first-order valence-corrected chi connectivity index (χ1v) is 7.57. The lowest BCUT2D eigenvalue weighted by Crippen LogP contribution is -2.44. The highest BCUT2D eigenvalue weighted by molar-refractivity contribution is 5.45. The van der Waals surface area contributed by atoms with Crippen LogP contribution in [-0.2, 0) is 0 Å². The zero-order valence-corrected chi connectivity index (χ0v) is 13.2. The molecule has 20 heavy (non-hydrogen) atoms. The van der Waals surface area contributed by atoms with Crippen LogP contribution in [0.2, 0.25) is 0 Å². The van der Waals surface area contributed by atoms with Crippen molar-refractivity contribution in [1.82, 2.24) is 14.9 Å². The molecule has 0 aromatic carbocycles. The van der Waals surface area contributed by atoms with E-state index in [2.05, 4.69) is 52.0 Å². The lowest BCUT2D eigenvalue weighted by Gasteiger charge is -2.33. The van der Waals surface area contributed by atoms with Gasteiger partial charge in [0.15, 0.2) is 0 Å². The van der Waals surface area contributed by atoms with Gasteiger partial charge in [-0.1, -0.05) is 13.8 Å². The van der Waals surface area contributed by atoms with E-state index in [4.69, 9.17) is 0 Å². The predicted octanol–water partition coefficient (Wildman–Crippen LogP) is 1.99. The highest BCUT2D eigenvalue weighted by Crippen LogP contribution is 2.16. The maximum atomic E-state index is 4.66. The molecule has 0 saturated carbocycles. The number of likely N-dealkylation sites (N-methyl/N-ethyl adjacent to an activating group) is 1. The van der Waals surface area contributed by atoms with E-state index >= 15 is 0 Å². The van der Waals surface area contributed by atoms with Gasteiger partial charge in [0, 0.05) is 44.5 Å². The number of anilines is 2. The molecule has 0 radical (unpaired) electrons. The van der Waals surface area contributed by atoms with E-state index < -0.39 is 0 Å². The molecule has 1 aromatic rings. The number of rotatable bonds is 5. The minimum Gasteiger partial charge on any atom is -0.354 e. The standard InChI is InChI=1S/C15H27N5/c1-12(2)5-6-16-15-17-13(3)11-14(18-15)20-9-7-19(4)8-10-20/h11-12H,5-10H2,1-4H3,(H,16,17,18). The molecule has 1 aliphatic rings. The molecule has 2 rings (SSSR count). The third-order valence-corrected chi connectivity index (χ3v) is 3.67. The van der Waals surface area contributed by atoms with Crippen molar-refractivity contribution in [2.24, 2.45) is 5.92 Å². The minimum atomic E-state index is 0.699. The maximum absolute atomic E-state index is 4.66. The van der Waals surface area contributed by atoms with Crippen LogP contribution in [0.25, 0.3) is 0 Å². The molecule has 0 unspecified atom stereocenters. The normalized spacial score (nSPS) is 16.8. The summed E-state index contributed by atoms with van der Waals surface area (Å²) in [5, 5.41) is 3.35. The quantitative estimate of drug-likeness (QED) is 0.892. The molecule has 1 aliphatic heterocycles. The second-order valence-corrected chi connectivity index (χ2v) is 6.09. The van der Waals surface area contributed by atoms with Crippen LogP contribution in [0.1, 0.15) is 26.0 Å². The third kappa shape index (κ3) is 4.34. The zero-order chi connectivity index (χ0) is 14.5. The van der Waals surface area contributed by atoms with Crippen LogP contribution in [0.5, 0.6) is 0 Å². The van der Waals surface area contributed by atoms with E-state index in [-0.39, 0.29) is 0 Å². The summed E-state index contributed by atoms with van der Waals surface area (Å²) in [5.41, 5.74) is 1.03. The second-order valence-electron chi connectivity index (χ2n) is 6.09. The Labute approximate surface area is 122 Å². The number of nitrogens with zero attached hydrogens (tertiary/aromatic N) is 4. The van der Waals surface area contributed by atoms with Crippen LogP contribution in [0, 0.1) is 12.8 Å². The van der Waals surface area contributed by atoms with Gasteiger partial charge in [0.1, 0.15) is 5.82 Å². The molecular formula is C15H27N5. The van der Waals surface area contributed by atoms with E-state index in [1.54, 1.807) is 0 Å². The Morgan fingerprint density at radius 2 is 1.90 bits per heavy atom. The Hall–Kier alpha value is -1.36. The van der Waals surface area contributed by atoms with Crippen molar-refractivity contribution in [3.05, 3.63) is 11.8 Å². The van der Waals surface area contributed by atoms with Crippen LogP contribution in [-0.4, -0.2) is 54.6 Å². The van der Waals surface area contributed by atoms with E-state index in [1.165, 1.54) is 0 Å². The number of aryl methyl sites for hydroxylation is 1. The minimum absolute atomic E-state index is 0.699. The summed E-state index contributed by atoms with van der Waals surface area (Å²) in [5.74, 6) is 2.52. The van der Waals surface area contributed by atoms with Crippen molar-refractivity contribution in [2.45, 2.75) is 27.2 Å². The van der Waals surface area contributed by atoms with Crippen LogP contribution < -0.4 is 10.2 Å². The van der Waals surface area contributed by atoms with Gasteiger partial charge in [-0.15, -0.1) is 0 Å². The molecule has 1 fully saturated rings. The highest BCUT2D eigenvalue weighted by atomic mass is 15.3. The molecule has 0 aliphatic carbocycles. The van der Waals surface area contributed by atoms with Gasteiger partial charge in [0.05, 0.1) is 0 Å². The first-order chi connectivity index (χ1) is 9.54. The lowest BCUT2D eigenvalue weighted by atomic mass is 10.1. The average molecular weight is 277 g/mol. The summed E-state index contributed by atoms with van der Waals surface area (Å²) >= 11 is 0. The zero-order valence-electron chi connectivity index (χ0n) is 13.2. The Bertz CT molecular complexity index is 424. The summed E-state index contributed by atoms with van der Waals surface area (Å²) in [6, 6.07) is 2.08. The number of hydrogen-bond donors (Lipinski definition) is 1. The number of aromatic nitrogens is 2. The number of hydrogen-bond acceptors (Lipinski definition) is 5. The fourth-order valence-electron chi connectivity index (χ4n) is 2.30. The smallest absolute Gasteiger partial charge is 0.224 e. The summed E-state index contributed by atoms with van der Waals surface area (Å²) in [7, 11) is 2.17. The van der Waals surface area contributed by atoms with Gasteiger partial charge in [-0.2, -0.15) is 4.98 Å². The molecule has 0 spiro atoms. The number of nitrogens with one attached hydrogen (secondary N) is 1. The van der Waals surface area contributed by atoms with Crippen molar-refractivity contribution in [3.63, 3.8) is 0 Å². The Morgan fingerprint density at radius 3 is 2.55 bits per heavy atom. The molecule has 5 nitrogen and oxygen atoms in total. The molecule has 0 amide bonds. The van der Waals surface area contributed by atoms with Crippen LogP contribution in [0.4, 0.5) is 11.8 Å². The molecular weight excluding hydrogens is 250 g/mol. The van der Waals surface area contributed by atoms with E-state index in [0.29, 0.717) is 5.92 Å². The summed E-state index contributed by atoms with van der Waals surface area (Å²) in [6.45, 7) is 11.7. The fraction of sp³-hybridized carbons (Fsp3) is 0.733. The molecule has 1 N–H and O–H groups in total. The molecule has 112 valence electrons. The Balaban J connectivity index is 2.00. The summed E-state index contributed by atoms with van der Waals surface area (Å²) in [4.78, 5) is 13.8. The first-order valence-electron chi connectivity index (χ1n) is 7.57. The molecule has 0 bridgehead atoms. The molecule has 1 aromatic heterocycles. The summed E-state index contributed by atoms with van der Waals surface area (Å²) in [6.07, 6.45) is 1.14. The van der Waals surface area contributed by atoms with Gasteiger partial charge in [-0.05, 0) is 26.3 Å². The van der Waals surface area contributed by atoms with Gasteiger partial charge in [-0.25, -0.2) is 4.98 Å². The van der Waals surface area contributed by atoms with Crippen LogP contribution >= 0.6 is 0 Å². The average Bonchev–Trinajstić information content (AvgIpc) is 2.38. The molecule has 1 saturated heterocycles. The van der Waals surface area contributed by atoms with Gasteiger partial charge < -0.3 is 15.1 Å². The van der Waals surface area contributed by atoms with Crippen molar-refractivity contribution >= 4 is 11.8 Å². The monoisotopic (exact) mass is 277 g/mol. The largest absolute Gasteiger partial charge is 0.354 e. The van der Waals surface area contributed by atoms with Gasteiger partial charge in [0.2, 0.25) is 5.95 Å². The fourth-order valence-corrected chi connectivity index (χ4v) is 2.30. The maximum Gasteiger partial charge on any atom is 0.224 e. The predicted molar refractivity (Wildman–Crippen MR) is 84.4 cm³/mol. The molecule has 5 heteroatoms. The van der Waals surface area contributed by atoms with E-state index in [9.17, 15) is 0 Å². The molecule has 2 heterocycles. The van der Waals surface area contributed by atoms with Crippen molar-refractivity contribution in [1.29, 1.82) is 0 Å². The van der Waals surface area contributed by atoms with E-state index in [0.717, 1.165) is 56.6 Å². The SMILES string of the molecule is Cc1cc(N2CCN(C)CC2)nc(NCCC(C)C)n1. The van der Waals surface area contributed by atoms with Gasteiger partial charge >= 0.3 is 0 Å². The second kappa shape index (κ2) is 6.88. The van der Waals surface area contributed by atoms with E-state index in [1.807, 2.05) is 6.92 Å². The topological polar surface area (TPSA) is 44.3 Å². The summed E-state index contributed by atoms with van der Waals surface area (Å²) < 4.78 is 0. The third-order valence-electron chi connectivity index (χ3n) is 3.67. The first kappa shape index (κ1) is 15.0. The van der Waals surface area contributed by atoms with Gasteiger partial charge in [0.25, 0.3) is 0 Å². The number of piperazine rings is 1. The van der Waals surface area contributed by atoms with Crippen LogP contribution in [0.15, 0.2) is 6.07 Å². The van der Waals surface area contributed by atoms with Gasteiger partial charge in [-0.3, -0.25) is 0 Å².